The van der Waals surface area contributed by atoms with Crippen molar-refractivity contribution in [3.63, 3.8) is 0 Å². The number of hydrogen-bond donors (Lipinski definition) is 1. The van der Waals surface area contributed by atoms with E-state index in [1.165, 1.54) is 6.20 Å². The minimum atomic E-state index is 0.326. The Kier molecular flexibility index (Phi) is 3.68. The van der Waals surface area contributed by atoms with E-state index in [9.17, 15) is 4.79 Å². The van der Waals surface area contributed by atoms with Gasteiger partial charge in [0.15, 0.2) is 0 Å². The van der Waals surface area contributed by atoms with E-state index in [2.05, 4.69) is 4.99 Å². The highest BCUT2D eigenvalue weighted by Crippen LogP contribution is 2.17. The Bertz CT molecular complexity index is 233. The number of nitrogens with zero attached hydrogens (tertiary/aromatic N) is 1. The van der Waals surface area contributed by atoms with Crippen LogP contribution in [0.2, 0.25) is 0 Å². The normalized spacial score (nSPS) is 21.3. The molecule has 1 fully saturated rings. The quantitative estimate of drug-likeness (QED) is 0.653. The first-order valence-corrected chi connectivity index (χ1v) is 4.65. The summed E-state index contributed by atoms with van der Waals surface area (Å²) in [5.74, 6) is 0.373. The fourth-order valence-electron chi connectivity index (χ4n) is 1.34. The smallest absolute Gasteiger partial charge is 0.133 e. The average Bonchev–Trinajstić information content (AvgIpc) is 2.16. The van der Waals surface area contributed by atoms with E-state index in [0.29, 0.717) is 24.7 Å². The average molecular weight is 180 g/mol. The minimum absolute atomic E-state index is 0.326. The molecule has 1 saturated carbocycles. The molecule has 0 atom stereocenters. The van der Waals surface area contributed by atoms with E-state index < -0.39 is 0 Å². The fraction of sp³-hybridized carbons (Fsp3) is 0.600. The Morgan fingerprint density at radius 1 is 1.54 bits per heavy atom. The highest BCUT2D eigenvalue weighted by Gasteiger charge is 2.16. The minimum Gasteiger partial charge on any atom is -0.404 e. The number of ketones is 1. The zero-order valence-electron chi connectivity index (χ0n) is 7.99. The maximum atomic E-state index is 10.9. The lowest BCUT2D eigenvalue weighted by atomic mass is 9.95. The molecular weight excluding hydrogens is 164 g/mol. The Morgan fingerprint density at radius 3 is 2.69 bits per heavy atom. The van der Waals surface area contributed by atoms with Gasteiger partial charge in [0.25, 0.3) is 0 Å². The van der Waals surface area contributed by atoms with Crippen molar-refractivity contribution in [3.05, 3.63) is 11.8 Å². The van der Waals surface area contributed by atoms with E-state index in [4.69, 9.17) is 5.73 Å². The highest BCUT2D eigenvalue weighted by molar-refractivity contribution is 5.80. The molecule has 0 heterocycles. The van der Waals surface area contributed by atoms with Gasteiger partial charge in [-0.25, -0.2) is 0 Å². The van der Waals surface area contributed by atoms with Gasteiger partial charge in [0, 0.05) is 19.1 Å². The van der Waals surface area contributed by atoms with Crippen molar-refractivity contribution in [1.82, 2.24) is 0 Å². The van der Waals surface area contributed by atoms with Crippen LogP contribution in [0.5, 0.6) is 0 Å². The molecule has 0 amide bonds. The summed E-state index contributed by atoms with van der Waals surface area (Å²) < 4.78 is 0. The van der Waals surface area contributed by atoms with Gasteiger partial charge in [0.05, 0.1) is 6.04 Å². The lowest BCUT2D eigenvalue weighted by molar-refractivity contribution is -0.120. The van der Waals surface area contributed by atoms with Crippen LogP contribution in [0, 0.1) is 0 Å². The second-order valence-corrected chi connectivity index (χ2v) is 3.46. The summed E-state index contributed by atoms with van der Waals surface area (Å²) in [4.78, 5) is 15.3. The van der Waals surface area contributed by atoms with Gasteiger partial charge in [-0.05, 0) is 31.5 Å². The second-order valence-electron chi connectivity index (χ2n) is 3.46. The van der Waals surface area contributed by atoms with E-state index in [1.54, 1.807) is 6.21 Å². The lowest BCUT2D eigenvalue weighted by Crippen LogP contribution is -2.16. The topological polar surface area (TPSA) is 55.5 Å². The number of allylic oxidation sites excluding steroid dienone is 1. The highest BCUT2D eigenvalue weighted by atomic mass is 16.1. The lowest BCUT2D eigenvalue weighted by Gasteiger charge is -2.16. The Hall–Kier alpha value is -1.12. The molecule has 0 bridgehead atoms. The molecule has 0 radical (unpaired) electrons. The SMILES string of the molecule is CC(C=NC1CCC(=O)CC1)=CN. The first-order chi connectivity index (χ1) is 6.22. The number of hydrogen-bond acceptors (Lipinski definition) is 3. The van der Waals surface area contributed by atoms with Gasteiger partial charge in [0.1, 0.15) is 5.78 Å². The maximum absolute atomic E-state index is 10.9. The Balaban J connectivity index is 2.38. The van der Waals surface area contributed by atoms with Crippen LogP contribution in [-0.4, -0.2) is 18.0 Å². The first kappa shape index (κ1) is 9.96. The largest absolute Gasteiger partial charge is 0.404 e. The molecule has 0 aromatic rings. The summed E-state index contributed by atoms with van der Waals surface area (Å²) in [6.07, 6.45) is 6.50. The second kappa shape index (κ2) is 4.80. The van der Waals surface area contributed by atoms with E-state index in [0.717, 1.165) is 18.4 Å². The molecule has 0 saturated heterocycles. The van der Waals surface area contributed by atoms with Crippen LogP contribution < -0.4 is 5.73 Å². The van der Waals surface area contributed by atoms with Crippen LogP contribution in [0.3, 0.4) is 0 Å². The number of carbonyl (C=O) groups is 1. The molecule has 0 unspecified atom stereocenters. The monoisotopic (exact) mass is 180 g/mol. The zero-order valence-corrected chi connectivity index (χ0v) is 7.99. The molecule has 13 heavy (non-hydrogen) atoms. The van der Waals surface area contributed by atoms with Crippen LogP contribution in [0.1, 0.15) is 32.6 Å². The Morgan fingerprint density at radius 2 is 2.15 bits per heavy atom. The fourth-order valence-corrected chi connectivity index (χ4v) is 1.34. The molecule has 2 N–H and O–H groups in total. The summed E-state index contributed by atoms with van der Waals surface area (Å²) in [5.41, 5.74) is 6.27. The molecule has 1 aliphatic carbocycles. The molecule has 3 nitrogen and oxygen atoms in total. The molecule has 0 aromatic heterocycles. The van der Waals surface area contributed by atoms with Crippen molar-refractivity contribution >= 4 is 12.0 Å². The predicted molar refractivity (Wildman–Crippen MR) is 53.7 cm³/mol. The molecule has 72 valence electrons. The number of carbonyl (C=O) groups excluding carboxylic acids is 1. The van der Waals surface area contributed by atoms with Gasteiger partial charge in [-0.2, -0.15) is 0 Å². The third kappa shape index (κ3) is 3.40. The van der Waals surface area contributed by atoms with Gasteiger partial charge in [-0.1, -0.05) is 0 Å². The van der Waals surface area contributed by atoms with Crippen molar-refractivity contribution in [1.29, 1.82) is 0 Å². The maximum Gasteiger partial charge on any atom is 0.133 e. The molecule has 0 aromatic carbocycles. The van der Waals surface area contributed by atoms with Crippen LogP contribution in [0.15, 0.2) is 16.8 Å². The first-order valence-electron chi connectivity index (χ1n) is 4.65. The number of aliphatic imine (C=N–C) groups is 1. The Labute approximate surface area is 78.7 Å². The van der Waals surface area contributed by atoms with Gasteiger partial charge in [-0.15, -0.1) is 0 Å². The summed E-state index contributed by atoms with van der Waals surface area (Å²) in [6, 6.07) is 0.326. The zero-order chi connectivity index (χ0) is 9.68. The molecule has 1 rings (SSSR count). The van der Waals surface area contributed by atoms with Crippen molar-refractivity contribution in [2.75, 3.05) is 0 Å². The van der Waals surface area contributed by atoms with Crippen molar-refractivity contribution < 1.29 is 4.79 Å². The van der Waals surface area contributed by atoms with E-state index in [-0.39, 0.29) is 0 Å². The van der Waals surface area contributed by atoms with Crippen molar-refractivity contribution in [2.24, 2.45) is 10.7 Å². The van der Waals surface area contributed by atoms with E-state index >= 15 is 0 Å². The summed E-state index contributed by atoms with van der Waals surface area (Å²) in [7, 11) is 0. The van der Waals surface area contributed by atoms with Crippen molar-refractivity contribution in [2.45, 2.75) is 38.6 Å². The number of Topliss-reactive ketones (excluding diaryl/α,β-unsaturated/α-hetero) is 1. The third-order valence-corrected chi connectivity index (χ3v) is 2.26. The number of nitrogens with two attached hydrogens (primary N) is 1. The van der Waals surface area contributed by atoms with Crippen LogP contribution >= 0.6 is 0 Å². The molecule has 1 aliphatic rings. The van der Waals surface area contributed by atoms with Crippen molar-refractivity contribution in [3.8, 4) is 0 Å². The summed E-state index contributed by atoms with van der Waals surface area (Å²) in [5, 5.41) is 0. The van der Waals surface area contributed by atoms with Crippen LogP contribution in [0.4, 0.5) is 0 Å². The molecular formula is C10H16N2O. The summed E-state index contributed by atoms with van der Waals surface area (Å²) in [6.45, 7) is 1.91. The molecule has 0 spiro atoms. The number of rotatable bonds is 2. The van der Waals surface area contributed by atoms with Gasteiger partial charge >= 0.3 is 0 Å². The summed E-state index contributed by atoms with van der Waals surface area (Å²) >= 11 is 0. The predicted octanol–water partition coefficient (Wildman–Crippen LogP) is 1.43. The van der Waals surface area contributed by atoms with Gasteiger partial charge < -0.3 is 5.73 Å². The van der Waals surface area contributed by atoms with Crippen LogP contribution in [-0.2, 0) is 4.79 Å². The van der Waals surface area contributed by atoms with Gasteiger partial charge in [0.2, 0.25) is 0 Å². The molecule has 3 heteroatoms. The molecule has 0 aliphatic heterocycles. The standard InChI is InChI=1S/C10H16N2O/c1-8(6-11)7-12-9-2-4-10(13)5-3-9/h6-7,9H,2-5,11H2,1H3. The van der Waals surface area contributed by atoms with Crippen LogP contribution in [0.25, 0.3) is 0 Å². The third-order valence-electron chi connectivity index (χ3n) is 2.26. The van der Waals surface area contributed by atoms with E-state index in [1.807, 2.05) is 6.92 Å². The van der Waals surface area contributed by atoms with Gasteiger partial charge in [-0.3, -0.25) is 9.79 Å².